The van der Waals surface area contributed by atoms with E-state index in [0.717, 1.165) is 11.5 Å². The van der Waals surface area contributed by atoms with Crippen LogP contribution in [-0.2, 0) is 9.78 Å². The summed E-state index contributed by atoms with van der Waals surface area (Å²) < 4.78 is 0. The summed E-state index contributed by atoms with van der Waals surface area (Å²) in [5.41, 5.74) is 4.03. The number of benzene rings is 1. The van der Waals surface area contributed by atoms with Gasteiger partial charge in [-0.05, 0) is 12.1 Å². The van der Waals surface area contributed by atoms with Gasteiger partial charge in [-0.1, -0.05) is 18.2 Å². The van der Waals surface area contributed by atoms with Gasteiger partial charge in [-0.25, -0.2) is 0 Å². The van der Waals surface area contributed by atoms with E-state index in [1.807, 2.05) is 48.5 Å². The molecule has 15 heavy (non-hydrogen) atoms. The number of hydrazine groups is 1. The van der Waals surface area contributed by atoms with Gasteiger partial charge in [0.1, 0.15) is 5.82 Å². The van der Waals surface area contributed by atoms with Crippen LogP contribution in [0.5, 0.6) is 0 Å². The first-order chi connectivity index (χ1) is 7.27. The lowest BCUT2D eigenvalue weighted by Gasteiger charge is -2.17. The van der Waals surface area contributed by atoms with Crippen molar-refractivity contribution >= 4 is 5.69 Å². The fourth-order valence-corrected chi connectivity index (χ4v) is 1.52. The first kappa shape index (κ1) is 8.72. The third kappa shape index (κ3) is 1.56. The van der Waals surface area contributed by atoms with Gasteiger partial charge in [-0.3, -0.25) is 5.01 Å². The molecule has 5 heteroatoms. The molecular formula is C10H11N3O2. The minimum Gasteiger partial charge on any atom is -0.341 e. The van der Waals surface area contributed by atoms with Gasteiger partial charge in [0.25, 0.3) is 0 Å². The quantitative estimate of drug-likeness (QED) is 0.557. The normalized spacial score (nSPS) is 21.7. The minimum absolute atomic E-state index is 0.730. The molecule has 0 unspecified atom stereocenters. The molecule has 2 N–H and O–H groups in total. The highest BCUT2D eigenvalue weighted by Crippen LogP contribution is 2.34. The van der Waals surface area contributed by atoms with Crippen molar-refractivity contribution in [2.45, 2.75) is 5.91 Å². The van der Waals surface area contributed by atoms with E-state index < -0.39 is 5.91 Å². The molecule has 1 aromatic carbocycles. The molecule has 0 saturated carbocycles. The molecule has 0 radical (unpaired) electrons. The minimum atomic E-state index is -0.730. The van der Waals surface area contributed by atoms with Gasteiger partial charge >= 0.3 is 5.91 Å². The van der Waals surface area contributed by atoms with Crippen LogP contribution in [0.4, 0.5) is 5.69 Å². The molecule has 0 amide bonds. The number of hydrogen-bond donors (Lipinski definition) is 2. The predicted molar refractivity (Wildman–Crippen MR) is 53.9 cm³/mol. The summed E-state index contributed by atoms with van der Waals surface area (Å²) in [6, 6.07) is 9.92. The van der Waals surface area contributed by atoms with Gasteiger partial charge in [0.05, 0.1) is 0 Å². The van der Waals surface area contributed by atoms with Gasteiger partial charge in [-0.2, -0.15) is 15.2 Å². The molecule has 1 saturated heterocycles. The zero-order chi connectivity index (χ0) is 10.3. The van der Waals surface area contributed by atoms with E-state index in [2.05, 4.69) is 10.7 Å². The summed E-state index contributed by atoms with van der Waals surface area (Å²) >= 11 is 0. The Balaban J connectivity index is 1.79. The molecule has 1 fully saturated rings. The van der Waals surface area contributed by atoms with Crippen LogP contribution in [0.2, 0.25) is 0 Å². The van der Waals surface area contributed by atoms with Crippen molar-refractivity contribution in [3.8, 4) is 0 Å². The van der Waals surface area contributed by atoms with Crippen LogP contribution in [-0.4, -0.2) is 18.0 Å². The molecule has 5 nitrogen and oxygen atoms in total. The Morgan fingerprint density at radius 2 is 2.00 bits per heavy atom. The largest absolute Gasteiger partial charge is 0.341 e. The molecule has 2 aliphatic rings. The van der Waals surface area contributed by atoms with Crippen LogP contribution >= 0.6 is 0 Å². The van der Waals surface area contributed by atoms with Crippen molar-refractivity contribution in [3.63, 3.8) is 0 Å². The maximum Gasteiger partial charge on any atom is 0.327 e. The smallest absolute Gasteiger partial charge is 0.327 e. The molecule has 3 rings (SSSR count). The van der Waals surface area contributed by atoms with Crippen molar-refractivity contribution < 1.29 is 9.78 Å². The van der Waals surface area contributed by atoms with Gasteiger partial charge in [0, 0.05) is 18.8 Å². The molecule has 0 bridgehead atoms. The predicted octanol–water partition coefficient (Wildman–Crippen LogP) is 1.01. The maximum absolute atomic E-state index is 4.83. The Hall–Kier alpha value is -1.56. The summed E-state index contributed by atoms with van der Waals surface area (Å²) in [6.45, 7) is 0. The number of rotatable bonds is 2. The number of nitrogens with zero attached hydrogens (tertiary/aromatic N) is 1. The molecule has 0 aliphatic carbocycles. The number of nitrogens with one attached hydrogen (secondary N) is 2. The van der Waals surface area contributed by atoms with Crippen LogP contribution in [0.3, 0.4) is 0 Å². The zero-order valence-electron chi connectivity index (χ0n) is 8.23. The van der Waals surface area contributed by atoms with Crippen molar-refractivity contribution in [1.29, 1.82) is 0 Å². The molecule has 2 aliphatic heterocycles. The molecule has 0 aromatic heterocycles. The monoisotopic (exact) mass is 205 g/mol. The van der Waals surface area contributed by atoms with Crippen LogP contribution in [0.1, 0.15) is 0 Å². The molecule has 1 spiro atoms. The first-order valence-corrected chi connectivity index (χ1v) is 4.71. The second-order valence-electron chi connectivity index (χ2n) is 3.53. The van der Waals surface area contributed by atoms with E-state index in [4.69, 9.17) is 9.78 Å². The fourth-order valence-electron chi connectivity index (χ4n) is 1.52. The Kier molecular flexibility index (Phi) is 1.72. The summed E-state index contributed by atoms with van der Waals surface area (Å²) in [5.74, 6) is 0.171. The highest BCUT2D eigenvalue weighted by atomic mass is 17.4. The Bertz CT molecular complexity index is 400. The van der Waals surface area contributed by atoms with Crippen molar-refractivity contribution in [3.05, 3.63) is 42.2 Å². The second-order valence-corrected chi connectivity index (χ2v) is 3.53. The average Bonchev–Trinajstić information content (AvgIpc) is 2.91. The number of para-hydroxylation sites is 1. The Labute approximate surface area is 87.2 Å². The lowest BCUT2D eigenvalue weighted by molar-refractivity contribution is 0.0850. The third-order valence-electron chi connectivity index (χ3n) is 2.32. The molecular weight excluding hydrogens is 194 g/mol. The van der Waals surface area contributed by atoms with E-state index in [-0.39, 0.29) is 0 Å². The van der Waals surface area contributed by atoms with Gasteiger partial charge in [0.15, 0.2) is 0 Å². The SMILES string of the molecule is CN1NC2(C=C1Nc1ccccc1)OO2. The average molecular weight is 205 g/mol. The topological polar surface area (TPSA) is 52.4 Å². The Morgan fingerprint density at radius 1 is 1.27 bits per heavy atom. The lowest BCUT2D eigenvalue weighted by Crippen LogP contribution is -2.37. The lowest BCUT2D eigenvalue weighted by atomic mass is 10.3. The third-order valence-corrected chi connectivity index (χ3v) is 2.32. The summed E-state index contributed by atoms with van der Waals surface area (Å²) in [7, 11) is 1.89. The standard InChI is InChI=1S/C10H11N3O2/c1-13-9(7-10(12-13)14-15-10)11-8-5-3-2-4-6-8/h2-7,11-12H,1H3. The number of hydrogen-bond acceptors (Lipinski definition) is 5. The second kappa shape index (κ2) is 2.96. The number of anilines is 1. The van der Waals surface area contributed by atoms with Gasteiger partial charge < -0.3 is 5.32 Å². The highest BCUT2D eigenvalue weighted by molar-refractivity contribution is 5.48. The molecule has 0 atom stereocenters. The van der Waals surface area contributed by atoms with Crippen molar-refractivity contribution in [2.75, 3.05) is 12.4 Å². The van der Waals surface area contributed by atoms with Crippen LogP contribution < -0.4 is 10.7 Å². The van der Waals surface area contributed by atoms with Crippen LogP contribution in [0.15, 0.2) is 42.2 Å². The maximum atomic E-state index is 4.83. The fraction of sp³-hybridized carbons (Fsp3) is 0.200. The van der Waals surface area contributed by atoms with Gasteiger partial charge in [-0.15, -0.1) is 0 Å². The highest BCUT2D eigenvalue weighted by Gasteiger charge is 2.53. The van der Waals surface area contributed by atoms with E-state index in [0.29, 0.717) is 0 Å². The van der Waals surface area contributed by atoms with E-state index in [9.17, 15) is 0 Å². The van der Waals surface area contributed by atoms with E-state index >= 15 is 0 Å². The zero-order valence-corrected chi connectivity index (χ0v) is 8.23. The first-order valence-electron chi connectivity index (χ1n) is 4.71. The van der Waals surface area contributed by atoms with E-state index in [1.165, 1.54) is 0 Å². The molecule has 1 aromatic rings. The van der Waals surface area contributed by atoms with Crippen LogP contribution in [0.25, 0.3) is 0 Å². The summed E-state index contributed by atoms with van der Waals surface area (Å²) in [4.78, 5) is 9.65. The summed E-state index contributed by atoms with van der Waals surface area (Å²) in [6.07, 6.45) is 1.85. The van der Waals surface area contributed by atoms with Crippen molar-refractivity contribution in [2.24, 2.45) is 0 Å². The van der Waals surface area contributed by atoms with E-state index in [1.54, 1.807) is 0 Å². The van der Waals surface area contributed by atoms with Gasteiger partial charge in [0.2, 0.25) is 0 Å². The molecule has 78 valence electrons. The summed E-state index contributed by atoms with van der Waals surface area (Å²) in [5, 5.41) is 5.07. The molecule has 2 heterocycles. The van der Waals surface area contributed by atoms with Crippen molar-refractivity contribution in [1.82, 2.24) is 10.4 Å². The van der Waals surface area contributed by atoms with Crippen LogP contribution in [0, 0.1) is 0 Å². The Morgan fingerprint density at radius 3 is 2.60 bits per heavy atom.